The fourth-order valence-electron chi connectivity index (χ4n) is 3.97. The van der Waals surface area contributed by atoms with E-state index in [9.17, 15) is 31.9 Å². The van der Waals surface area contributed by atoms with Gasteiger partial charge >= 0.3 is 0 Å². The zero-order valence-electron chi connectivity index (χ0n) is 18.9. The zero-order chi connectivity index (χ0) is 25.1. The van der Waals surface area contributed by atoms with Gasteiger partial charge in [0.05, 0.1) is 9.79 Å². The third kappa shape index (κ3) is 4.77. The Morgan fingerprint density at radius 3 is 1.74 bits per heavy atom. The van der Waals surface area contributed by atoms with Crippen molar-refractivity contribution in [2.75, 3.05) is 13.1 Å². The maximum Gasteiger partial charge on any atom is 0.294 e. The number of benzene rings is 2. The molecule has 2 aromatic rings. The van der Waals surface area contributed by atoms with Crippen LogP contribution in [0.4, 0.5) is 0 Å². The number of sulfonamides is 1. The van der Waals surface area contributed by atoms with Crippen molar-refractivity contribution in [3.05, 3.63) is 53.1 Å². The highest BCUT2D eigenvalue weighted by molar-refractivity contribution is 7.89. The molecule has 0 saturated heterocycles. The first-order chi connectivity index (χ1) is 16.1. The Balaban J connectivity index is 2.22. The molecule has 8 nitrogen and oxygen atoms in total. The van der Waals surface area contributed by atoms with E-state index in [1.165, 1.54) is 34.6 Å². The smallest absolute Gasteiger partial charge is 0.282 e. The summed E-state index contributed by atoms with van der Waals surface area (Å²) in [6, 6.07) is 12.0. The Kier molecular flexibility index (Phi) is 7.59. The van der Waals surface area contributed by atoms with Gasteiger partial charge in [-0.2, -0.15) is 23.2 Å². The molecule has 1 aliphatic carbocycles. The molecule has 1 N–H and O–H groups in total. The minimum absolute atomic E-state index is 0.0361. The van der Waals surface area contributed by atoms with Gasteiger partial charge in [-0.05, 0) is 59.4 Å². The number of allylic oxidation sites excluding steroid dienone is 1. The summed E-state index contributed by atoms with van der Waals surface area (Å²) in [7, 11) is -8.37. The second-order valence-electron chi connectivity index (χ2n) is 7.97. The van der Waals surface area contributed by atoms with Crippen LogP contribution in [-0.2, 0) is 20.1 Å². The minimum atomic E-state index is -4.53. The predicted molar refractivity (Wildman–Crippen MR) is 128 cm³/mol. The molecule has 0 fully saturated rings. The number of fused-ring (bicyclic) bond motifs is 3. The SMILES string of the molecule is CCCCN(CCCC)S(=O)(=O)c1ccc2c(c1)C(=C(C#N)C#N)c1cc(S(=O)(=O)O)ccc1-2. The van der Waals surface area contributed by atoms with Crippen LogP contribution < -0.4 is 0 Å². The van der Waals surface area contributed by atoms with Crippen LogP contribution in [0.5, 0.6) is 0 Å². The third-order valence-electron chi connectivity index (χ3n) is 5.74. The molecular weight excluding hydrogens is 474 g/mol. The van der Waals surface area contributed by atoms with Gasteiger partial charge in [0.2, 0.25) is 10.0 Å². The van der Waals surface area contributed by atoms with E-state index in [-0.39, 0.29) is 26.5 Å². The van der Waals surface area contributed by atoms with Crippen molar-refractivity contribution in [3.63, 3.8) is 0 Å². The van der Waals surface area contributed by atoms with E-state index in [1.54, 1.807) is 6.07 Å². The molecule has 0 unspecified atom stereocenters. The van der Waals surface area contributed by atoms with Gasteiger partial charge in [0.25, 0.3) is 10.1 Å². The van der Waals surface area contributed by atoms with Crippen LogP contribution in [0.3, 0.4) is 0 Å². The lowest BCUT2D eigenvalue weighted by Crippen LogP contribution is -2.33. The van der Waals surface area contributed by atoms with E-state index in [1.807, 2.05) is 26.0 Å². The molecule has 10 heteroatoms. The molecule has 0 radical (unpaired) electrons. The third-order valence-corrected chi connectivity index (χ3v) is 8.49. The van der Waals surface area contributed by atoms with Crippen LogP contribution in [0.2, 0.25) is 0 Å². The molecule has 0 aliphatic heterocycles. The average molecular weight is 500 g/mol. The molecule has 3 rings (SSSR count). The first-order valence-electron chi connectivity index (χ1n) is 10.9. The molecule has 0 heterocycles. The molecule has 34 heavy (non-hydrogen) atoms. The minimum Gasteiger partial charge on any atom is -0.282 e. The Hall–Kier alpha value is -3.02. The quantitative estimate of drug-likeness (QED) is 0.341. The van der Waals surface area contributed by atoms with E-state index < -0.39 is 20.1 Å². The van der Waals surface area contributed by atoms with Crippen LogP contribution in [-0.4, -0.2) is 38.8 Å². The van der Waals surface area contributed by atoms with Crippen molar-refractivity contribution in [3.8, 4) is 23.3 Å². The van der Waals surface area contributed by atoms with Gasteiger partial charge in [0, 0.05) is 18.7 Å². The summed E-state index contributed by atoms with van der Waals surface area (Å²) in [5.41, 5.74) is 1.60. The van der Waals surface area contributed by atoms with E-state index in [0.29, 0.717) is 29.8 Å². The van der Waals surface area contributed by atoms with Crippen molar-refractivity contribution in [2.24, 2.45) is 0 Å². The topological polar surface area (TPSA) is 139 Å². The Morgan fingerprint density at radius 2 is 1.29 bits per heavy atom. The van der Waals surface area contributed by atoms with Gasteiger partial charge < -0.3 is 0 Å². The van der Waals surface area contributed by atoms with Crippen LogP contribution in [0.15, 0.2) is 51.8 Å². The normalized spacial score (nSPS) is 12.7. The zero-order valence-corrected chi connectivity index (χ0v) is 20.6. The van der Waals surface area contributed by atoms with Crippen LogP contribution >= 0.6 is 0 Å². The van der Waals surface area contributed by atoms with Crippen LogP contribution in [0.25, 0.3) is 16.7 Å². The monoisotopic (exact) mass is 499 g/mol. The number of rotatable bonds is 9. The second kappa shape index (κ2) is 10.1. The number of nitrogens with zero attached hydrogens (tertiary/aromatic N) is 3. The fraction of sp³-hybridized carbons (Fsp3) is 0.333. The van der Waals surface area contributed by atoms with Gasteiger partial charge in [0.1, 0.15) is 17.7 Å². The summed E-state index contributed by atoms with van der Waals surface area (Å²) in [5, 5.41) is 19.1. The Labute approximate surface area is 200 Å². The van der Waals surface area contributed by atoms with Gasteiger partial charge in [-0.15, -0.1) is 0 Å². The highest BCUT2D eigenvalue weighted by atomic mass is 32.2. The summed E-state index contributed by atoms with van der Waals surface area (Å²) in [6.07, 6.45) is 3.12. The maximum absolute atomic E-state index is 13.5. The molecular formula is C24H25N3O5S2. The molecule has 0 aromatic heterocycles. The predicted octanol–water partition coefficient (Wildman–Crippen LogP) is 4.35. The van der Waals surface area contributed by atoms with Crippen molar-refractivity contribution >= 4 is 25.7 Å². The van der Waals surface area contributed by atoms with Crippen molar-refractivity contribution in [1.82, 2.24) is 4.31 Å². The lowest BCUT2D eigenvalue weighted by molar-refractivity contribution is 0.395. The van der Waals surface area contributed by atoms with E-state index >= 15 is 0 Å². The van der Waals surface area contributed by atoms with Crippen LogP contribution in [0, 0.1) is 22.7 Å². The lowest BCUT2D eigenvalue weighted by Gasteiger charge is -2.22. The summed E-state index contributed by atoms with van der Waals surface area (Å²) >= 11 is 0. The van der Waals surface area contributed by atoms with Crippen LogP contribution in [0.1, 0.15) is 50.7 Å². The first kappa shape index (κ1) is 25.6. The Bertz CT molecular complexity index is 1420. The number of nitriles is 2. The molecule has 178 valence electrons. The highest BCUT2D eigenvalue weighted by Gasteiger charge is 2.31. The van der Waals surface area contributed by atoms with E-state index in [2.05, 4.69) is 0 Å². The first-order valence-corrected chi connectivity index (χ1v) is 13.8. The van der Waals surface area contributed by atoms with Gasteiger partial charge in [-0.3, -0.25) is 4.55 Å². The summed E-state index contributed by atoms with van der Waals surface area (Å²) in [6.45, 7) is 4.75. The maximum atomic E-state index is 13.5. The standard InChI is InChI=1S/C24H25N3O5S2/c1-3-5-11-27(12-6-4-2)33(28,29)18-7-9-20-21-10-8-19(34(30,31)32)14-23(21)24(22(20)13-18)17(15-25)16-26/h7-10,13-14H,3-6,11-12H2,1-2H3,(H,30,31,32). The van der Waals surface area contributed by atoms with Gasteiger partial charge in [-0.25, -0.2) is 8.42 Å². The van der Waals surface area contributed by atoms with Crippen molar-refractivity contribution in [2.45, 2.75) is 49.3 Å². The number of hydrogen-bond donors (Lipinski definition) is 1. The number of hydrogen-bond acceptors (Lipinski definition) is 6. The lowest BCUT2D eigenvalue weighted by atomic mass is 9.99. The largest absolute Gasteiger partial charge is 0.294 e. The van der Waals surface area contributed by atoms with Gasteiger partial charge in [-0.1, -0.05) is 38.8 Å². The molecule has 2 aromatic carbocycles. The van der Waals surface area contributed by atoms with Gasteiger partial charge in [0.15, 0.2) is 0 Å². The number of unbranched alkanes of at least 4 members (excludes halogenated alkanes) is 2. The molecule has 0 atom stereocenters. The molecule has 0 bridgehead atoms. The molecule has 0 saturated carbocycles. The summed E-state index contributed by atoms with van der Waals surface area (Å²) in [4.78, 5) is -0.348. The molecule has 0 spiro atoms. The Morgan fingerprint density at radius 1 is 0.824 bits per heavy atom. The van der Waals surface area contributed by atoms with Crippen molar-refractivity contribution in [1.29, 1.82) is 10.5 Å². The van der Waals surface area contributed by atoms with E-state index in [0.717, 1.165) is 25.7 Å². The summed E-state index contributed by atoms with van der Waals surface area (Å²) < 4.78 is 61.3. The van der Waals surface area contributed by atoms with Crippen molar-refractivity contribution < 1.29 is 21.4 Å². The molecule has 1 aliphatic rings. The highest BCUT2D eigenvalue weighted by Crippen LogP contribution is 2.47. The van der Waals surface area contributed by atoms with E-state index in [4.69, 9.17) is 0 Å². The average Bonchev–Trinajstić information content (AvgIpc) is 3.12. The second-order valence-corrected chi connectivity index (χ2v) is 11.3. The fourth-order valence-corrected chi connectivity index (χ4v) is 6.02. The molecule has 0 amide bonds. The summed E-state index contributed by atoms with van der Waals surface area (Å²) in [5.74, 6) is 0.